The third-order valence-electron chi connectivity index (χ3n) is 2.16. The van der Waals surface area contributed by atoms with Crippen molar-refractivity contribution in [2.75, 3.05) is 4.72 Å². The molecule has 2 rings (SSSR count). The molecule has 0 radical (unpaired) electrons. The van der Waals surface area contributed by atoms with Crippen LogP contribution in [0, 0.1) is 5.82 Å². The van der Waals surface area contributed by atoms with E-state index in [-0.39, 0.29) is 15.7 Å². The van der Waals surface area contributed by atoms with Gasteiger partial charge in [-0.15, -0.1) is 0 Å². The van der Waals surface area contributed by atoms with Gasteiger partial charge in [-0.05, 0) is 46.3 Å². The number of sulfonamides is 1. The van der Waals surface area contributed by atoms with Crippen LogP contribution >= 0.6 is 27.5 Å². The van der Waals surface area contributed by atoms with Crippen molar-refractivity contribution in [3.05, 3.63) is 51.8 Å². The smallest absolute Gasteiger partial charge is 0.263 e. The Labute approximate surface area is 122 Å². The summed E-state index contributed by atoms with van der Waals surface area (Å²) in [4.78, 5) is 3.80. The van der Waals surface area contributed by atoms with Gasteiger partial charge in [0.1, 0.15) is 16.2 Å². The minimum atomic E-state index is -3.85. The van der Waals surface area contributed by atoms with E-state index in [0.717, 1.165) is 18.2 Å². The van der Waals surface area contributed by atoms with Crippen LogP contribution in [0.25, 0.3) is 0 Å². The van der Waals surface area contributed by atoms with Gasteiger partial charge >= 0.3 is 0 Å². The van der Waals surface area contributed by atoms with Gasteiger partial charge in [0, 0.05) is 0 Å². The maximum absolute atomic E-state index is 13.0. The van der Waals surface area contributed by atoms with Crippen molar-refractivity contribution >= 4 is 43.4 Å². The van der Waals surface area contributed by atoms with Gasteiger partial charge in [0.05, 0.1) is 9.92 Å². The number of benzene rings is 1. The Morgan fingerprint density at radius 3 is 2.63 bits per heavy atom. The minimum absolute atomic E-state index is 0.138. The highest BCUT2D eigenvalue weighted by atomic mass is 79.9. The highest BCUT2D eigenvalue weighted by Gasteiger charge is 2.16. The Hall–Kier alpha value is -1.18. The molecular weight excluding hydrogens is 359 g/mol. The zero-order valence-electron chi connectivity index (χ0n) is 9.27. The average molecular weight is 366 g/mol. The Morgan fingerprint density at radius 1 is 1.26 bits per heavy atom. The second-order valence-electron chi connectivity index (χ2n) is 3.53. The fourth-order valence-corrected chi connectivity index (χ4v) is 2.92. The molecule has 0 aliphatic carbocycles. The molecule has 19 heavy (non-hydrogen) atoms. The number of pyridine rings is 1. The van der Waals surface area contributed by atoms with Crippen LogP contribution in [0.1, 0.15) is 0 Å². The first-order valence-corrected chi connectivity index (χ1v) is 7.64. The topological polar surface area (TPSA) is 59.1 Å². The number of anilines is 1. The predicted octanol–water partition coefficient (Wildman–Crippen LogP) is 3.44. The molecule has 1 heterocycles. The maximum atomic E-state index is 13.0. The molecule has 0 spiro atoms. The average Bonchev–Trinajstić information content (AvgIpc) is 2.32. The van der Waals surface area contributed by atoms with Crippen LogP contribution in [0.15, 0.2) is 45.9 Å². The number of halogens is 3. The van der Waals surface area contributed by atoms with E-state index in [4.69, 9.17) is 11.6 Å². The number of rotatable bonds is 3. The lowest BCUT2D eigenvalue weighted by molar-refractivity contribution is 0.599. The number of hydrogen-bond donors (Lipinski definition) is 1. The summed E-state index contributed by atoms with van der Waals surface area (Å²) in [6, 6.07) is 7.94. The van der Waals surface area contributed by atoms with Crippen LogP contribution in [-0.4, -0.2) is 13.4 Å². The van der Waals surface area contributed by atoms with Crippen LogP contribution in [0.3, 0.4) is 0 Å². The van der Waals surface area contributed by atoms with Gasteiger partial charge in [-0.25, -0.2) is 17.8 Å². The van der Waals surface area contributed by atoms with Crippen LogP contribution in [0.2, 0.25) is 5.02 Å². The van der Waals surface area contributed by atoms with Crippen LogP contribution in [0.4, 0.5) is 10.2 Å². The molecule has 0 fully saturated rings. The molecule has 0 amide bonds. The van der Waals surface area contributed by atoms with E-state index < -0.39 is 15.8 Å². The first-order valence-electron chi connectivity index (χ1n) is 4.99. The van der Waals surface area contributed by atoms with Crippen molar-refractivity contribution in [2.45, 2.75) is 4.90 Å². The molecule has 8 heteroatoms. The second-order valence-corrected chi connectivity index (χ2v) is 6.43. The zero-order valence-corrected chi connectivity index (χ0v) is 12.4. The molecule has 1 N–H and O–H groups in total. The van der Waals surface area contributed by atoms with Crippen LogP contribution in [0.5, 0.6) is 0 Å². The SMILES string of the molecule is O=S(=O)(Nc1cccc(Br)n1)c1ccc(F)c(Cl)c1. The van der Waals surface area contributed by atoms with Crippen molar-refractivity contribution in [2.24, 2.45) is 0 Å². The monoisotopic (exact) mass is 364 g/mol. The van der Waals surface area contributed by atoms with E-state index in [9.17, 15) is 12.8 Å². The van der Waals surface area contributed by atoms with E-state index in [1.807, 2.05) is 0 Å². The van der Waals surface area contributed by atoms with Gasteiger partial charge in [-0.2, -0.15) is 0 Å². The van der Waals surface area contributed by atoms with Crippen molar-refractivity contribution < 1.29 is 12.8 Å². The molecule has 0 atom stereocenters. The standard InChI is InChI=1S/C11H7BrClFN2O2S/c12-10-2-1-3-11(15-10)16-19(17,18)7-4-5-9(14)8(13)6-7/h1-6H,(H,15,16). The van der Waals surface area contributed by atoms with E-state index in [1.165, 1.54) is 6.07 Å². The predicted molar refractivity (Wildman–Crippen MR) is 74.2 cm³/mol. The third-order valence-corrected chi connectivity index (χ3v) is 4.24. The number of hydrogen-bond acceptors (Lipinski definition) is 3. The van der Waals surface area contributed by atoms with Gasteiger partial charge in [-0.3, -0.25) is 4.72 Å². The summed E-state index contributed by atoms with van der Waals surface area (Å²) in [5, 5.41) is -0.259. The highest BCUT2D eigenvalue weighted by molar-refractivity contribution is 9.10. The molecule has 0 saturated carbocycles. The summed E-state index contributed by atoms with van der Waals surface area (Å²) in [6.45, 7) is 0. The van der Waals surface area contributed by atoms with Crippen molar-refractivity contribution in [3.63, 3.8) is 0 Å². The van der Waals surface area contributed by atoms with Gasteiger partial charge in [0.15, 0.2) is 0 Å². The summed E-state index contributed by atoms with van der Waals surface area (Å²) in [6.07, 6.45) is 0. The summed E-state index contributed by atoms with van der Waals surface area (Å²) in [7, 11) is -3.85. The van der Waals surface area contributed by atoms with Gasteiger partial charge in [-0.1, -0.05) is 17.7 Å². The van der Waals surface area contributed by atoms with Gasteiger partial charge in [0.25, 0.3) is 10.0 Å². The molecule has 100 valence electrons. The van der Waals surface area contributed by atoms with E-state index in [0.29, 0.717) is 4.60 Å². The normalized spacial score (nSPS) is 11.3. The van der Waals surface area contributed by atoms with E-state index in [2.05, 4.69) is 25.6 Å². The first kappa shape index (κ1) is 14.2. The van der Waals surface area contributed by atoms with Crippen LogP contribution in [-0.2, 0) is 10.0 Å². The van der Waals surface area contributed by atoms with Crippen molar-refractivity contribution in [1.82, 2.24) is 4.98 Å². The van der Waals surface area contributed by atoms with Crippen molar-refractivity contribution in [1.29, 1.82) is 0 Å². The molecular formula is C11H7BrClFN2O2S. The quantitative estimate of drug-likeness (QED) is 0.848. The van der Waals surface area contributed by atoms with Gasteiger partial charge in [0.2, 0.25) is 0 Å². The molecule has 0 bridgehead atoms. The Kier molecular flexibility index (Phi) is 4.07. The van der Waals surface area contributed by atoms with Crippen molar-refractivity contribution in [3.8, 4) is 0 Å². The fourth-order valence-electron chi connectivity index (χ4n) is 1.31. The van der Waals surface area contributed by atoms with Crippen LogP contribution < -0.4 is 4.72 Å². The summed E-state index contributed by atoms with van der Waals surface area (Å²) in [5.41, 5.74) is 0. The highest BCUT2D eigenvalue weighted by Crippen LogP contribution is 2.21. The second kappa shape index (κ2) is 5.44. The minimum Gasteiger partial charge on any atom is -0.263 e. The molecule has 0 aliphatic heterocycles. The summed E-state index contributed by atoms with van der Waals surface area (Å²) in [5.74, 6) is -0.531. The zero-order chi connectivity index (χ0) is 14.0. The molecule has 0 saturated heterocycles. The third kappa shape index (κ3) is 3.43. The largest absolute Gasteiger partial charge is 0.263 e. The summed E-state index contributed by atoms with van der Waals surface area (Å²) >= 11 is 8.69. The lowest BCUT2D eigenvalue weighted by atomic mass is 10.3. The molecule has 0 aliphatic rings. The Morgan fingerprint density at radius 2 is 2.00 bits per heavy atom. The van der Waals surface area contributed by atoms with E-state index >= 15 is 0 Å². The molecule has 2 aromatic rings. The maximum Gasteiger partial charge on any atom is 0.263 e. The fraction of sp³-hybridized carbons (Fsp3) is 0. The molecule has 4 nitrogen and oxygen atoms in total. The molecule has 1 aromatic carbocycles. The lowest BCUT2D eigenvalue weighted by Gasteiger charge is -2.08. The lowest BCUT2D eigenvalue weighted by Crippen LogP contribution is -2.14. The first-order chi connectivity index (χ1) is 8.88. The number of nitrogens with zero attached hydrogens (tertiary/aromatic N) is 1. The number of nitrogens with one attached hydrogen (secondary N) is 1. The van der Waals surface area contributed by atoms with E-state index in [1.54, 1.807) is 12.1 Å². The molecule has 1 aromatic heterocycles. The number of aromatic nitrogens is 1. The Balaban J connectivity index is 2.35. The summed E-state index contributed by atoms with van der Waals surface area (Å²) < 4.78 is 39.8. The molecule has 0 unspecified atom stereocenters. The van der Waals surface area contributed by atoms with Gasteiger partial charge < -0.3 is 0 Å². The Bertz CT molecular complexity index is 724.